The maximum atomic E-state index is 13.3. The summed E-state index contributed by atoms with van der Waals surface area (Å²) in [7, 11) is 0. The number of rotatable bonds is 5. The average molecular weight is 296 g/mol. The van der Waals surface area contributed by atoms with Gasteiger partial charge in [-0.25, -0.2) is 4.39 Å². The number of nitrogens with zero attached hydrogens (tertiary/aromatic N) is 1. The molecule has 1 fully saturated rings. The minimum atomic E-state index is -0.312. The van der Waals surface area contributed by atoms with Crippen LogP contribution in [-0.2, 0) is 6.54 Å². The molecule has 0 amide bonds. The molecule has 1 unspecified atom stereocenters. The zero-order chi connectivity index (χ0) is 14.5. The molecule has 0 bridgehead atoms. The zero-order valence-electron chi connectivity index (χ0n) is 11.5. The van der Waals surface area contributed by atoms with E-state index in [0.29, 0.717) is 11.5 Å². The highest BCUT2D eigenvalue weighted by Crippen LogP contribution is 2.22. The van der Waals surface area contributed by atoms with Gasteiger partial charge in [-0.2, -0.15) is 0 Å². The fourth-order valence-corrected chi connectivity index (χ4v) is 3.06. The van der Waals surface area contributed by atoms with E-state index in [1.54, 1.807) is 6.07 Å². The minimum Gasteiger partial charge on any atom is -0.396 e. The Morgan fingerprint density at radius 3 is 3.00 bits per heavy atom. The first-order chi connectivity index (χ1) is 9.60. The van der Waals surface area contributed by atoms with Gasteiger partial charge in [-0.1, -0.05) is 18.3 Å². The lowest BCUT2D eigenvalue weighted by Crippen LogP contribution is -2.35. The van der Waals surface area contributed by atoms with Crippen LogP contribution in [0.1, 0.15) is 30.4 Å². The Bertz CT molecular complexity index is 479. The molecule has 1 aromatic rings. The van der Waals surface area contributed by atoms with Crippen LogP contribution in [0.3, 0.4) is 0 Å². The molecule has 0 radical (unpaired) electrons. The van der Waals surface area contributed by atoms with E-state index in [9.17, 15) is 4.39 Å². The van der Waals surface area contributed by atoms with Crippen molar-refractivity contribution in [1.29, 1.82) is 0 Å². The fraction of sp³-hybridized carbons (Fsp3) is 0.533. The highest BCUT2D eigenvalue weighted by Gasteiger charge is 2.20. The lowest BCUT2D eigenvalue weighted by Gasteiger charge is -2.33. The van der Waals surface area contributed by atoms with Gasteiger partial charge in [-0.3, -0.25) is 4.90 Å². The van der Waals surface area contributed by atoms with E-state index >= 15 is 0 Å². The Labute approximate surface area is 124 Å². The molecule has 1 aromatic carbocycles. The van der Waals surface area contributed by atoms with E-state index in [2.05, 4.69) is 4.90 Å². The van der Waals surface area contributed by atoms with Crippen molar-refractivity contribution in [3.05, 3.63) is 35.1 Å². The molecule has 110 valence electrons. The molecule has 1 saturated heterocycles. The second kappa shape index (κ2) is 7.11. The molecule has 1 aliphatic heterocycles. The van der Waals surface area contributed by atoms with Crippen LogP contribution in [-0.4, -0.2) is 34.7 Å². The molecule has 1 aliphatic rings. The summed E-state index contributed by atoms with van der Waals surface area (Å²) in [5.74, 6) is 0.232. The van der Waals surface area contributed by atoms with Crippen molar-refractivity contribution in [1.82, 2.24) is 4.90 Å². The molecule has 0 saturated carbocycles. The molecular weight excluding hydrogens is 275 g/mol. The van der Waals surface area contributed by atoms with Crippen LogP contribution < -0.4 is 5.73 Å². The van der Waals surface area contributed by atoms with Crippen molar-refractivity contribution >= 4 is 17.2 Å². The Morgan fingerprint density at radius 2 is 2.30 bits per heavy atom. The number of nitrogens with two attached hydrogens (primary N) is 1. The number of piperidine rings is 1. The van der Waals surface area contributed by atoms with Gasteiger partial charge in [-0.15, -0.1) is 0 Å². The summed E-state index contributed by atoms with van der Waals surface area (Å²) < 4.78 is 13.3. The first-order valence-electron chi connectivity index (χ1n) is 7.01. The van der Waals surface area contributed by atoms with Crippen molar-refractivity contribution in [3.63, 3.8) is 0 Å². The van der Waals surface area contributed by atoms with Gasteiger partial charge < -0.3 is 10.8 Å². The Balaban J connectivity index is 2.07. The van der Waals surface area contributed by atoms with Gasteiger partial charge in [0.15, 0.2) is 0 Å². The van der Waals surface area contributed by atoms with Gasteiger partial charge in [0.2, 0.25) is 0 Å². The number of likely N-dealkylation sites (tertiary alicyclic amines) is 1. The van der Waals surface area contributed by atoms with Crippen molar-refractivity contribution in [2.45, 2.75) is 25.8 Å². The van der Waals surface area contributed by atoms with Crippen LogP contribution in [0.25, 0.3) is 0 Å². The van der Waals surface area contributed by atoms with E-state index in [1.807, 2.05) is 0 Å². The van der Waals surface area contributed by atoms with Gasteiger partial charge in [0, 0.05) is 25.3 Å². The number of benzene rings is 1. The van der Waals surface area contributed by atoms with Crippen molar-refractivity contribution < 1.29 is 9.50 Å². The summed E-state index contributed by atoms with van der Waals surface area (Å²) in [6, 6.07) is 4.62. The third-order valence-electron chi connectivity index (χ3n) is 3.87. The predicted octanol–water partition coefficient (Wildman–Crippen LogP) is 2.05. The number of thiocarbonyl (C=S) groups is 1. The molecule has 3 N–H and O–H groups in total. The molecule has 0 aliphatic carbocycles. The van der Waals surface area contributed by atoms with Crippen LogP contribution in [0.5, 0.6) is 0 Å². The van der Waals surface area contributed by atoms with Crippen LogP contribution >= 0.6 is 12.2 Å². The Kier molecular flexibility index (Phi) is 5.46. The first kappa shape index (κ1) is 15.4. The molecule has 1 heterocycles. The summed E-state index contributed by atoms with van der Waals surface area (Å²) in [5.41, 5.74) is 7.28. The third-order valence-corrected chi connectivity index (χ3v) is 4.09. The van der Waals surface area contributed by atoms with Gasteiger partial charge in [-0.05, 0) is 49.4 Å². The largest absolute Gasteiger partial charge is 0.396 e. The molecular formula is C15H21FN2OS. The van der Waals surface area contributed by atoms with Crippen LogP contribution in [0.2, 0.25) is 0 Å². The molecule has 1 atom stereocenters. The van der Waals surface area contributed by atoms with Crippen molar-refractivity contribution in [2.24, 2.45) is 11.7 Å². The number of hydrogen-bond acceptors (Lipinski definition) is 3. The predicted molar refractivity (Wildman–Crippen MR) is 82.0 cm³/mol. The summed E-state index contributed by atoms with van der Waals surface area (Å²) in [6.07, 6.45) is 3.15. The zero-order valence-corrected chi connectivity index (χ0v) is 12.3. The van der Waals surface area contributed by atoms with E-state index in [1.165, 1.54) is 18.6 Å². The second-order valence-corrected chi connectivity index (χ2v) is 5.86. The number of aliphatic hydroxyl groups is 1. The normalized spacial score (nSPS) is 20.0. The smallest absolute Gasteiger partial charge is 0.123 e. The Hall–Kier alpha value is -1.04. The summed E-state index contributed by atoms with van der Waals surface area (Å²) >= 11 is 5.00. The van der Waals surface area contributed by atoms with Crippen LogP contribution in [0, 0.1) is 11.7 Å². The van der Waals surface area contributed by atoms with E-state index in [4.69, 9.17) is 23.1 Å². The number of halogens is 1. The molecule has 3 nitrogen and oxygen atoms in total. The van der Waals surface area contributed by atoms with Gasteiger partial charge >= 0.3 is 0 Å². The van der Waals surface area contributed by atoms with Gasteiger partial charge in [0.1, 0.15) is 10.8 Å². The van der Waals surface area contributed by atoms with E-state index in [0.717, 1.165) is 38.0 Å². The maximum Gasteiger partial charge on any atom is 0.123 e. The average Bonchev–Trinajstić information content (AvgIpc) is 2.41. The summed E-state index contributed by atoms with van der Waals surface area (Å²) in [6.45, 7) is 2.97. The second-order valence-electron chi connectivity index (χ2n) is 5.42. The highest BCUT2D eigenvalue weighted by atomic mass is 32.1. The number of aliphatic hydroxyl groups excluding tert-OH is 1. The minimum absolute atomic E-state index is 0.239. The van der Waals surface area contributed by atoms with Crippen LogP contribution in [0.15, 0.2) is 18.2 Å². The third kappa shape index (κ3) is 3.98. The summed E-state index contributed by atoms with van der Waals surface area (Å²) in [5, 5.41) is 9.05. The Morgan fingerprint density at radius 1 is 1.50 bits per heavy atom. The quantitative estimate of drug-likeness (QED) is 0.817. The van der Waals surface area contributed by atoms with Gasteiger partial charge in [0.05, 0.1) is 0 Å². The molecule has 0 spiro atoms. The lowest BCUT2D eigenvalue weighted by atomic mass is 9.94. The standard InChI is InChI=1S/C15H21FN2OS/c16-13-4-3-12(14(8-13)15(17)20)10-18-6-1-2-11(9-18)5-7-19/h3-4,8,11,19H,1-2,5-7,9-10H2,(H2,17,20). The maximum absolute atomic E-state index is 13.3. The topological polar surface area (TPSA) is 49.5 Å². The SMILES string of the molecule is NC(=S)c1cc(F)ccc1CN1CCCC(CCO)C1. The molecule has 0 aromatic heterocycles. The van der Waals surface area contributed by atoms with Crippen molar-refractivity contribution in [2.75, 3.05) is 19.7 Å². The van der Waals surface area contributed by atoms with Crippen LogP contribution in [0.4, 0.5) is 4.39 Å². The van der Waals surface area contributed by atoms with Gasteiger partial charge in [0.25, 0.3) is 0 Å². The summed E-state index contributed by atoms with van der Waals surface area (Å²) in [4.78, 5) is 2.57. The lowest BCUT2D eigenvalue weighted by molar-refractivity contribution is 0.142. The van der Waals surface area contributed by atoms with E-state index in [-0.39, 0.29) is 17.4 Å². The highest BCUT2D eigenvalue weighted by molar-refractivity contribution is 7.80. The van der Waals surface area contributed by atoms with E-state index < -0.39 is 0 Å². The molecule has 2 rings (SSSR count). The van der Waals surface area contributed by atoms with Crippen molar-refractivity contribution in [3.8, 4) is 0 Å². The number of hydrogen-bond donors (Lipinski definition) is 2. The molecule has 5 heteroatoms. The monoisotopic (exact) mass is 296 g/mol. The molecule has 20 heavy (non-hydrogen) atoms. The first-order valence-corrected chi connectivity index (χ1v) is 7.42. The fourth-order valence-electron chi connectivity index (χ4n) is 2.87.